The molecule has 4 N–H and O–H groups in total. The van der Waals surface area contributed by atoms with Gasteiger partial charge in [0.1, 0.15) is 5.82 Å². The van der Waals surface area contributed by atoms with E-state index in [1.165, 1.54) is 0 Å². The molecule has 0 bridgehead atoms. The summed E-state index contributed by atoms with van der Waals surface area (Å²) >= 11 is 0. The molecule has 0 saturated carbocycles. The Balaban J connectivity index is 2.36. The van der Waals surface area contributed by atoms with Crippen LogP contribution in [0, 0.1) is 11.6 Å². The van der Waals surface area contributed by atoms with Crippen LogP contribution in [-0.4, -0.2) is 41.9 Å². The number of aromatic carboxylic acids is 1. The van der Waals surface area contributed by atoms with E-state index in [1.807, 2.05) is 4.72 Å². The first-order valence-electron chi connectivity index (χ1n) is 6.13. The van der Waals surface area contributed by atoms with Gasteiger partial charge in [0.25, 0.3) is 5.91 Å². The Morgan fingerprint density at radius 1 is 1.21 bits per heavy atom. The fourth-order valence-electron chi connectivity index (χ4n) is 1.70. The first kappa shape index (κ1) is 17.3. The van der Waals surface area contributed by atoms with E-state index < -0.39 is 44.8 Å². The summed E-state index contributed by atoms with van der Waals surface area (Å²) in [5.74, 6) is -5.21. The molecule has 24 heavy (non-hydrogen) atoms. The average molecular weight is 360 g/mol. The lowest BCUT2D eigenvalue weighted by Crippen LogP contribution is -2.18. The largest absolute Gasteiger partial charge is 0.476 e. The summed E-state index contributed by atoms with van der Waals surface area (Å²) in [7, 11) is -3.86. The molecule has 0 radical (unpaired) electrons. The third-order valence-corrected chi connectivity index (χ3v) is 3.24. The molecule has 1 aromatic heterocycles. The Kier molecular flexibility index (Phi) is 4.50. The van der Waals surface area contributed by atoms with Gasteiger partial charge in [0.2, 0.25) is 10.0 Å². The van der Waals surface area contributed by atoms with Crippen LogP contribution in [0.3, 0.4) is 0 Å². The molecule has 0 aliphatic rings. The number of H-pyrrole nitrogens is 1. The number of carboxylic acids is 1. The van der Waals surface area contributed by atoms with Gasteiger partial charge >= 0.3 is 5.97 Å². The number of benzene rings is 1. The molecule has 0 saturated heterocycles. The topological polar surface area (TPSA) is 141 Å². The number of amides is 1. The third-order valence-electron chi connectivity index (χ3n) is 2.65. The van der Waals surface area contributed by atoms with Crippen LogP contribution in [0.25, 0.3) is 0 Å². The molecular formula is C12H10F2N4O5S. The number of carbonyl (C=O) groups excluding carboxylic acids is 1. The van der Waals surface area contributed by atoms with Gasteiger partial charge in [-0.2, -0.15) is 5.10 Å². The fraction of sp³-hybridized carbons (Fsp3) is 0.0833. The summed E-state index contributed by atoms with van der Waals surface area (Å²) < 4.78 is 51.1. The second-order valence-electron chi connectivity index (χ2n) is 4.61. The van der Waals surface area contributed by atoms with Crippen LogP contribution in [0.2, 0.25) is 0 Å². The summed E-state index contributed by atoms with van der Waals surface area (Å²) in [6.45, 7) is 0. The SMILES string of the molecule is CS(=O)(=O)Nc1cc(F)c(F)cc1C(=O)Nc1cc(C(=O)O)n[nH]1. The Hall–Kier alpha value is -3.02. The molecule has 1 heterocycles. The van der Waals surface area contributed by atoms with E-state index in [9.17, 15) is 26.8 Å². The highest BCUT2D eigenvalue weighted by molar-refractivity contribution is 7.92. The van der Waals surface area contributed by atoms with Crippen molar-refractivity contribution >= 4 is 33.4 Å². The number of nitrogens with one attached hydrogen (secondary N) is 3. The molecule has 0 spiro atoms. The zero-order valence-corrected chi connectivity index (χ0v) is 12.7. The maximum Gasteiger partial charge on any atom is 0.356 e. The minimum Gasteiger partial charge on any atom is -0.476 e. The van der Waals surface area contributed by atoms with Crippen LogP contribution in [0.5, 0.6) is 0 Å². The van der Waals surface area contributed by atoms with Crippen LogP contribution in [-0.2, 0) is 10.0 Å². The van der Waals surface area contributed by atoms with Crippen molar-refractivity contribution in [2.24, 2.45) is 0 Å². The summed E-state index contributed by atoms with van der Waals surface area (Å²) in [4.78, 5) is 22.8. The summed E-state index contributed by atoms with van der Waals surface area (Å²) in [5, 5.41) is 16.5. The molecule has 1 amide bonds. The molecule has 12 heteroatoms. The van der Waals surface area contributed by atoms with Gasteiger partial charge in [-0.1, -0.05) is 0 Å². The molecular weight excluding hydrogens is 350 g/mol. The van der Waals surface area contributed by atoms with Gasteiger partial charge in [0.15, 0.2) is 17.3 Å². The van der Waals surface area contributed by atoms with Crippen molar-refractivity contribution in [3.05, 3.63) is 41.1 Å². The van der Waals surface area contributed by atoms with Crippen LogP contribution >= 0.6 is 0 Å². The van der Waals surface area contributed by atoms with Crippen LogP contribution < -0.4 is 10.0 Å². The molecule has 0 aliphatic heterocycles. The minimum absolute atomic E-state index is 0.132. The van der Waals surface area contributed by atoms with Gasteiger partial charge in [-0.3, -0.25) is 14.6 Å². The van der Waals surface area contributed by atoms with Crippen molar-refractivity contribution in [3.63, 3.8) is 0 Å². The van der Waals surface area contributed by atoms with E-state index in [2.05, 4.69) is 15.5 Å². The number of carboxylic acid groups (broad SMARTS) is 1. The molecule has 128 valence electrons. The van der Waals surface area contributed by atoms with Crippen LogP contribution in [0.1, 0.15) is 20.8 Å². The Morgan fingerprint density at radius 2 is 1.83 bits per heavy atom. The van der Waals surface area contributed by atoms with Gasteiger partial charge in [-0.15, -0.1) is 0 Å². The van der Waals surface area contributed by atoms with Crippen molar-refractivity contribution in [1.29, 1.82) is 0 Å². The lowest BCUT2D eigenvalue weighted by Gasteiger charge is -2.11. The molecule has 9 nitrogen and oxygen atoms in total. The highest BCUT2D eigenvalue weighted by atomic mass is 32.2. The predicted octanol–water partition coefficient (Wildman–Crippen LogP) is 1.01. The van der Waals surface area contributed by atoms with Crippen molar-refractivity contribution < 1.29 is 31.9 Å². The second-order valence-corrected chi connectivity index (χ2v) is 6.36. The van der Waals surface area contributed by atoms with Gasteiger partial charge in [-0.25, -0.2) is 22.0 Å². The van der Waals surface area contributed by atoms with E-state index >= 15 is 0 Å². The third kappa shape index (κ3) is 4.04. The lowest BCUT2D eigenvalue weighted by molar-refractivity contribution is 0.0690. The number of rotatable bonds is 5. The quantitative estimate of drug-likeness (QED) is 0.627. The Morgan fingerprint density at radius 3 is 2.38 bits per heavy atom. The number of hydrogen-bond acceptors (Lipinski definition) is 5. The van der Waals surface area contributed by atoms with Crippen LogP contribution in [0.15, 0.2) is 18.2 Å². The Labute approximate surface area is 133 Å². The van der Waals surface area contributed by atoms with E-state index in [-0.39, 0.29) is 11.5 Å². The van der Waals surface area contributed by atoms with Gasteiger partial charge < -0.3 is 10.4 Å². The first-order valence-corrected chi connectivity index (χ1v) is 8.03. The average Bonchev–Trinajstić information content (AvgIpc) is 2.89. The number of hydrogen-bond donors (Lipinski definition) is 4. The molecule has 2 rings (SSSR count). The van der Waals surface area contributed by atoms with E-state index in [4.69, 9.17) is 5.11 Å². The first-order chi connectivity index (χ1) is 11.1. The maximum atomic E-state index is 13.4. The number of aromatic nitrogens is 2. The lowest BCUT2D eigenvalue weighted by atomic mass is 10.1. The molecule has 0 atom stereocenters. The summed E-state index contributed by atoms with van der Waals surface area (Å²) in [5.41, 5.74) is -1.37. The van der Waals surface area contributed by atoms with Gasteiger partial charge in [0.05, 0.1) is 17.5 Å². The second kappa shape index (κ2) is 6.23. The fourth-order valence-corrected chi connectivity index (χ4v) is 2.27. The molecule has 2 aromatic rings. The van der Waals surface area contributed by atoms with Crippen molar-refractivity contribution in [2.75, 3.05) is 16.3 Å². The maximum absolute atomic E-state index is 13.4. The van der Waals surface area contributed by atoms with Gasteiger partial charge in [0, 0.05) is 12.1 Å². The zero-order valence-electron chi connectivity index (χ0n) is 11.9. The zero-order chi connectivity index (χ0) is 18.1. The predicted molar refractivity (Wildman–Crippen MR) is 78.3 cm³/mol. The Bertz CT molecular complexity index is 926. The van der Waals surface area contributed by atoms with Crippen molar-refractivity contribution in [2.45, 2.75) is 0 Å². The summed E-state index contributed by atoms with van der Waals surface area (Å²) in [6, 6.07) is 2.01. The molecule has 0 fully saturated rings. The highest BCUT2D eigenvalue weighted by Crippen LogP contribution is 2.22. The number of carbonyl (C=O) groups is 2. The van der Waals surface area contributed by atoms with Crippen LogP contribution in [0.4, 0.5) is 20.3 Å². The monoisotopic (exact) mass is 360 g/mol. The number of halogens is 2. The standard InChI is InChI=1S/C12H10F2N4O5S/c1-24(22,23)18-8-3-7(14)6(13)2-5(8)11(19)15-10-4-9(12(20)21)16-17-10/h2-4,18H,1H3,(H,20,21)(H2,15,16,17,19). The number of sulfonamides is 1. The van der Waals surface area contributed by atoms with Crippen molar-refractivity contribution in [3.8, 4) is 0 Å². The minimum atomic E-state index is -3.86. The number of nitrogens with zero attached hydrogens (tertiary/aromatic N) is 1. The number of anilines is 2. The molecule has 0 aliphatic carbocycles. The highest BCUT2D eigenvalue weighted by Gasteiger charge is 2.19. The van der Waals surface area contributed by atoms with Gasteiger partial charge in [-0.05, 0) is 6.07 Å². The van der Waals surface area contributed by atoms with Crippen molar-refractivity contribution in [1.82, 2.24) is 10.2 Å². The van der Waals surface area contributed by atoms with E-state index in [0.29, 0.717) is 12.1 Å². The van der Waals surface area contributed by atoms with E-state index in [1.54, 1.807) is 0 Å². The molecule has 1 aromatic carbocycles. The van der Waals surface area contributed by atoms with E-state index in [0.717, 1.165) is 12.3 Å². The molecule has 0 unspecified atom stereocenters. The number of aromatic amines is 1. The normalized spacial score (nSPS) is 11.1. The smallest absolute Gasteiger partial charge is 0.356 e. The summed E-state index contributed by atoms with van der Waals surface area (Å²) in [6.07, 6.45) is 0.768.